The summed E-state index contributed by atoms with van der Waals surface area (Å²) >= 11 is 0. The largest absolute Gasteiger partial charge is 2.00 e. The van der Waals surface area contributed by atoms with Crippen LogP contribution in [0.4, 0.5) is 0 Å². The van der Waals surface area contributed by atoms with E-state index in [2.05, 4.69) is 0 Å². The molecule has 0 aromatic heterocycles. The van der Waals surface area contributed by atoms with Gasteiger partial charge in [-0.3, -0.25) is 9.59 Å². The number of hydrogen-bond acceptors (Lipinski definition) is 2. The Morgan fingerprint density at radius 3 is 1.89 bits per heavy atom. The molecule has 0 aromatic rings. The Hall–Kier alpha value is 0.400. The van der Waals surface area contributed by atoms with Gasteiger partial charge in [0.15, 0.2) is 0 Å². The molecule has 4 heteroatoms. The van der Waals surface area contributed by atoms with Crippen LogP contribution in [0.25, 0.3) is 0 Å². The van der Waals surface area contributed by atoms with Crippen LogP contribution in [0.3, 0.4) is 0 Å². The molecule has 0 aliphatic carbocycles. The molecular formula is C5H10CaO3. The maximum absolute atomic E-state index is 10.2. The van der Waals surface area contributed by atoms with Crippen LogP contribution >= 0.6 is 0 Å². The van der Waals surface area contributed by atoms with E-state index in [1.807, 2.05) is 0 Å². The number of hydrogen-bond donors (Lipinski definition) is 1. The van der Waals surface area contributed by atoms with Gasteiger partial charge in [-0.15, -0.1) is 0 Å². The third-order valence-corrected chi connectivity index (χ3v) is 0.980. The minimum atomic E-state index is -1.06. The van der Waals surface area contributed by atoms with Crippen molar-refractivity contribution in [2.24, 2.45) is 5.92 Å². The molecule has 0 aliphatic heterocycles. The van der Waals surface area contributed by atoms with Gasteiger partial charge in [-0.25, -0.2) is 0 Å². The Morgan fingerprint density at radius 2 is 1.89 bits per heavy atom. The number of carbonyl (C=O) groups is 2. The molecule has 0 aromatic carbocycles. The summed E-state index contributed by atoms with van der Waals surface area (Å²) in [7, 11) is 0. The minimum absolute atomic E-state index is 0. The molecule has 9 heavy (non-hydrogen) atoms. The zero-order valence-corrected chi connectivity index (χ0v) is 7.76. The topological polar surface area (TPSA) is 54.4 Å². The van der Waals surface area contributed by atoms with Gasteiger partial charge < -0.3 is 7.96 Å². The van der Waals surface area contributed by atoms with Crippen molar-refractivity contribution in [3.8, 4) is 0 Å². The molecule has 0 heterocycles. The smallest absolute Gasteiger partial charge is 1.00 e. The molecule has 1 N–H and O–H groups in total. The molecule has 0 aliphatic rings. The number of ketones is 1. The number of carbonyl (C=O) groups excluding carboxylic acids is 1. The van der Waals surface area contributed by atoms with E-state index in [-0.39, 0.29) is 46.4 Å². The molecule has 0 amide bonds. The molecule has 0 spiro atoms. The average Bonchev–Trinajstić information content (AvgIpc) is 1.64. The van der Waals surface area contributed by atoms with Crippen LogP contribution < -0.4 is 0 Å². The first-order chi connectivity index (χ1) is 3.55. The van der Waals surface area contributed by atoms with E-state index in [0.29, 0.717) is 0 Å². The summed E-state index contributed by atoms with van der Waals surface area (Å²) in [5.74, 6) is -2.22. The molecule has 1 atom stereocenters. The van der Waals surface area contributed by atoms with E-state index in [1.165, 1.54) is 13.8 Å². The van der Waals surface area contributed by atoms with Gasteiger partial charge in [0.25, 0.3) is 0 Å². The molecule has 1 unspecified atom stereocenters. The summed E-state index contributed by atoms with van der Waals surface area (Å²) in [4.78, 5) is 20.1. The first-order valence-electron chi connectivity index (χ1n) is 2.29. The zero-order valence-electron chi connectivity index (χ0n) is 7.55. The first-order valence-corrected chi connectivity index (χ1v) is 2.29. The second-order valence-corrected chi connectivity index (χ2v) is 1.67. The third-order valence-electron chi connectivity index (χ3n) is 0.980. The Balaban J connectivity index is -0.0000000817. The number of carboxylic acid groups (broad SMARTS) is 1. The van der Waals surface area contributed by atoms with E-state index in [4.69, 9.17) is 5.11 Å². The van der Waals surface area contributed by atoms with Gasteiger partial charge in [-0.1, -0.05) is 0 Å². The van der Waals surface area contributed by atoms with Gasteiger partial charge >= 0.3 is 43.7 Å². The van der Waals surface area contributed by atoms with Crippen LogP contribution in [0.5, 0.6) is 0 Å². The predicted octanol–water partition coefficient (Wildman–Crippen LogP) is 0.140. The Labute approximate surface area is 86.4 Å². The van der Waals surface area contributed by atoms with Crippen molar-refractivity contribution < 1.29 is 17.5 Å². The quantitative estimate of drug-likeness (QED) is 0.459. The Morgan fingerprint density at radius 1 is 1.56 bits per heavy atom. The summed E-state index contributed by atoms with van der Waals surface area (Å²) in [5, 5.41) is 8.13. The maximum Gasteiger partial charge on any atom is 2.00 e. The maximum atomic E-state index is 10.2. The zero-order chi connectivity index (χ0) is 6.73. The summed E-state index contributed by atoms with van der Waals surface area (Å²) in [6.45, 7) is 2.63. The predicted molar refractivity (Wildman–Crippen MR) is 35.5 cm³/mol. The first kappa shape index (κ1) is 12.1. The van der Waals surface area contributed by atoms with Crippen molar-refractivity contribution in [3.05, 3.63) is 0 Å². The van der Waals surface area contributed by atoms with E-state index in [1.54, 1.807) is 0 Å². The summed E-state index contributed by atoms with van der Waals surface area (Å²) in [6, 6.07) is 0. The third kappa shape index (κ3) is 4.88. The summed E-state index contributed by atoms with van der Waals surface area (Å²) in [6.07, 6.45) is 0. The number of carboxylic acids is 1. The molecule has 0 rings (SSSR count). The van der Waals surface area contributed by atoms with E-state index in [0.717, 1.165) is 0 Å². The molecule has 50 valence electrons. The fourth-order valence-electron chi connectivity index (χ4n) is 0.174. The van der Waals surface area contributed by atoms with Gasteiger partial charge in [0.1, 0.15) is 11.7 Å². The van der Waals surface area contributed by atoms with Crippen LogP contribution in [0.1, 0.15) is 16.7 Å². The van der Waals surface area contributed by atoms with Gasteiger partial charge in [0.2, 0.25) is 0 Å². The summed E-state index contributed by atoms with van der Waals surface area (Å²) < 4.78 is 0. The normalized spacial score (nSPS) is 11.3. The Bertz CT molecular complexity index is 115. The van der Waals surface area contributed by atoms with Crippen LogP contribution in [-0.2, 0) is 9.59 Å². The van der Waals surface area contributed by atoms with Crippen LogP contribution in [0, 0.1) is 5.92 Å². The fourth-order valence-corrected chi connectivity index (χ4v) is 0.174. The van der Waals surface area contributed by atoms with Crippen molar-refractivity contribution in [2.45, 2.75) is 13.8 Å². The van der Waals surface area contributed by atoms with Crippen LogP contribution in [0.15, 0.2) is 0 Å². The van der Waals surface area contributed by atoms with Crippen molar-refractivity contribution >= 4 is 49.5 Å². The molecule has 0 radical (unpaired) electrons. The van der Waals surface area contributed by atoms with Gasteiger partial charge in [0.05, 0.1) is 0 Å². The average molecular weight is 158 g/mol. The molecule has 3 nitrogen and oxygen atoms in total. The second-order valence-electron chi connectivity index (χ2n) is 1.67. The summed E-state index contributed by atoms with van der Waals surface area (Å²) in [5.41, 5.74) is 0. The number of Topliss-reactive ketones (excluding diaryl/α,β-unsaturated/α-hetero) is 1. The van der Waals surface area contributed by atoms with Crippen LogP contribution in [0.2, 0.25) is 0 Å². The van der Waals surface area contributed by atoms with E-state index in [9.17, 15) is 9.59 Å². The molecule has 0 fully saturated rings. The van der Waals surface area contributed by atoms with Crippen molar-refractivity contribution in [1.82, 2.24) is 0 Å². The van der Waals surface area contributed by atoms with E-state index >= 15 is 0 Å². The van der Waals surface area contributed by atoms with Crippen LogP contribution in [-0.4, -0.2) is 54.6 Å². The number of rotatable bonds is 2. The van der Waals surface area contributed by atoms with E-state index < -0.39 is 11.9 Å². The van der Waals surface area contributed by atoms with Crippen molar-refractivity contribution in [1.29, 1.82) is 0 Å². The second kappa shape index (κ2) is 5.21. The molecule has 0 bridgehead atoms. The molecule has 0 saturated carbocycles. The fraction of sp³-hybridized carbons (Fsp3) is 0.600. The monoisotopic (exact) mass is 158 g/mol. The minimum Gasteiger partial charge on any atom is -1.00 e. The van der Waals surface area contributed by atoms with Gasteiger partial charge in [0, 0.05) is 0 Å². The SMILES string of the molecule is CC(=O)C(C)C(=O)O.[Ca+2].[H-].[H-]. The standard InChI is InChI=1S/C5H8O3.Ca.2H/c1-3(4(2)6)5(7)8;;;/h3H,1-2H3,(H,7,8);;;/q;+2;2*-1. The van der Waals surface area contributed by atoms with Gasteiger partial charge in [-0.05, 0) is 13.8 Å². The molecular weight excluding hydrogens is 148 g/mol. The Kier molecular flexibility index (Phi) is 7.01. The number of aliphatic carboxylic acids is 1. The van der Waals surface area contributed by atoms with Gasteiger partial charge in [-0.2, -0.15) is 0 Å². The van der Waals surface area contributed by atoms with Crippen molar-refractivity contribution in [2.75, 3.05) is 0 Å². The van der Waals surface area contributed by atoms with Crippen molar-refractivity contribution in [3.63, 3.8) is 0 Å². The molecule has 0 saturated heterocycles.